The second kappa shape index (κ2) is 9.99. The van der Waals surface area contributed by atoms with Crippen LogP contribution >= 0.6 is 0 Å². The van der Waals surface area contributed by atoms with Crippen LogP contribution in [0.1, 0.15) is 84.6 Å². The standard InChI is InChI=1S/C29H43NO4/c1-27(2,3)19-14-22(26(32)23(15-19)28(4,5)6)25(30-24(17-31)29(7,8)9)18-12-20(33-10)16-21(13-18)34-11/h12-16,24,31-32H,17H2,1-11H3/t24-/m1/s1. The molecular formula is C29H43NO4. The van der Waals surface area contributed by atoms with E-state index in [1.165, 1.54) is 0 Å². The molecule has 0 aliphatic rings. The Kier molecular flexibility index (Phi) is 8.14. The summed E-state index contributed by atoms with van der Waals surface area (Å²) in [5, 5.41) is 21.8. The van der Waals surface area contributed by atoms with Crippen molar-refractivity contribution in [2.75, 3.05) is 20.8 Å². The number of aliphatic imine (C=N–C) groups is 1. The minimum absolute atomic E-state index is 0.111. The number of hydrogen-bond donors (Lipinski definition) is 2. The summed E-state index contributed by atoms with van der Waals surface area (Å²) in [4.78, 5) is 5.06. The van der Waals surface area contributed by atoms with Gasteiger partial charge in [-0.3, -0.25) is 4.99 Å². The van der Waals surface area contributed by atoms with E-state index in [-0.39, 0.29) is 34.6 Å². The fourth-order valence-corrected chi connectivity index (χ4v) is 3.73. The molecule has 0 heterocycles. The number of rotatable bonds is 6. The Hall–Kier alpha value is -2.53. The molecule has 0 bridgehead atoms. The van der Waals surface area contributed by atoms with Crippen LogP contribution in [0.3, 0.4) is 0 Å². The van der Waals surface area contributed by atoms with Crippen molar-refractivity contribution >= 4 is 5.71 Å². The molecule has 188 valence electrons. The van der Waals surface area contributed by atoms with Crippen molar-refractivity contribution in [1.29, 1.82) is 0 Å². The highest BCUT2D eigenvalue weighted by Crippen LogP contribution is 2.40. The summed E-state index contributed by atoms with van der Waals surface area (Å²) in [6.45, 7) is 18.8. The molecule has 2 N–H and O–H groups in total. The van der Waals surface area contributed by atoms with Gasteiger partial charge >= 0.3 is 0 Å². The molecule has 2 aromatic rings. The number of aliphatic hydroxyl groups excluding tert-OH is 1. The summed E-state index contributed by atoms with van der Waals surface area (Å²) in [7, 11) is 3.22. The summed E-state index contributed by atoms with van der Waals surface area (Å²) in [6, 6.07) is 9.31. The van der Waals surface area contributed by atoms with Gasteiger partial charge in [0.15, 0.2) is 0 Å². The summed E-state index contributed by atoms with van der Waals surface area (Å²) >= 11 is 0. The van der Waals surface area contributed by atoms with Crippen molar-refractivity contribution in [3.05, 3.63) is 52.6 Å². The zero-order chi connectivity index (χ0) is 26.1. The van der Waals surface area contributed by atoms with Gasteiger partial charge < -0.3 is 19.7 Å². The number of benzene rings is 2. The Bertz CT molecular complexity index is 1010. The van der Waals surface area contributed by atoms with E-state index in [4.69, 9.17) is 14.5 Å². The minimum atomic E-state index is -0.379. The second-order valence-corrected chi connectivity index (χ2v) is 12.1. The van der Waals surface area contributed by atoms with E-state index < -0.39 is 0 Å². The van der Waals surface area contributed by atoms with Crippen molar-refractivity contribution in [2.45, 2.75) is 79.2 Å². The molecular weight excluding hydrogens is 426 g/mol. The fourth-order valence-electron chi connectivity index (χ4n) is 3.73. The molecule has 0 saturated carbocycles. The van der Waals surface area contributed by atoms with Crippen molar-refractivity contribution in [3.63, 3.8) is 0 Å². The third-order valence-corrected chi connectivity index (χ3v) is 6.12. The van der Waals surface area contributed by atoms with Gasteiger partial charge in [-0.2, -0.15) is 0 Å². The van der Waals surface area contributed by atoms with Gasteiger partial charge in [-0.05, 0) is 40.0 Å². The molecule has 5 heteroatoms. The Morgan fingerprint density at radius 2 is 1.35 bits per heavy atom. The molecule has 0 aliphatic heterocycles. The van der Waals surface area contributed by atoms with Gasteiger partial charge in [0, 0.05) is 22.8 Å². The summed E-state index contributed by atoms with van der Waals surface area (Å²) in [5.41, 5.74) is 3.23. The lowest BCUT2D eigenvalue weighted by molar-refractivity contribution is 0.190. The maximum atomic E-state index is 11.6. The van der Waals surface area contributed by atoms with Crippen molar-refractivity contribution < 1.29 is 19.7 Å². The predicted octanol–water partition coefficient (Wildman–Crippen LogP) is 6.25. The topological polar surface area (TPSA) is 71.3 Å². The Morgan fingerprint density at radius 3 is 1.74 bits per heavy atom. The Balaban J connectivity index is 3.02. The molecule has 0 aliphatic carbocycles. The number of phenols is 1. The Morgan fingerprint density at radius 1 is 0.824 bits per heavy atom. The van der Waals surface area contributed by atoms with Crippen molar-refractivity contribution in [2.24, 2.45) is 10.4 Å². The van der Waals surface area contributed by atoms with Crippen molar-refractivity contribution in [3.8, 4) is 17.2 Å². The number of aromatic hydroxyl groups is 1. The van der Waals surface area contributed by atoms with Gasteiger partial charge in [0.1, 0.15) is 17.2 Å². The second-order valence-electron chi connectivity index (χ2n) is 12.1. The molecule has 2 rings (SSSR count). The summed E-state index contributed by atoms with van der Waals surface area (Å²) < 4.78 is 11.0. The maximum Gasteiger partial charge on any atom is 0.128 e. The zero-order valence-corrected chi connectivity index (χ0v) is 22.8. The minimum Gasteiger partial charge on any atom is -0.507 e. The van der Waals surface area contributed by atoms with Crippen LogP contribution in [0.15, 0.2) is 35.3 Å². The molecule has 1 atom stereocenters. The van der Waals surface area contributed by atoms with E-state index in [0.29, 0.717) is 22.8 Å². The van der Waals surface area contributed by atoms with Crippen LogP contribution < -0.4 is 9.47 Å². The Labute approximate surface area is 205 Å². The van der Waals surface area contributed by atoms with Crippen LogP contribution in [0.4, 0.5) is 0 Å². The number of ether oxygens (including phenoxy) is 2. The van der Waals surface area contributed by atoms with Gasteiger partial charge in [0.25, 0.3) is 0 Å². The molecule has 0 fully saturated rings. The monoisotopic (exact) mass is 469 g/mol. The lowest BCUT2D eigenvalue weighted by Gasteiger charge is -2.30. The first-order chi connectivity index (χ1) is 15.5. The van der Waals surface area contributed by atoms with E-state index >= 15 is 0 Å². The van der Waals surface area contributed by atoms with E-state index in [0.717, 1.165) is 16.7 Å². The van der Waals surface area contributed by atoms with Crippen LogP contribution in [0.25, 0.3) is 0 Å². The van der Waals surface area contributed by atoms with Gasteiger partial charge in [0.05, 0.1) is 32.6 Å². The molecule has 0 spiro atoms. The highest BCUT2D eigenvalue weighted by atomic mass is 16.5. The normalized spacial score (nSPS) is 14.2. The van der Waals surface area contributed by atoms with Gasteiger partial charge in [-0.1, -0.05) is 68.4 Å². The smallest absolute Gasteiger partial charge is 0.128 e. The first-order valence-electron chi connectivity index (χ1n) is 11.8. The summed E-state index contributed by atoms with van der Waals surface area (Å²) in [5.74, 6) is 1.45. The highest BCUT2D eigenvalue weighted by Gasteiger charge is 2.29. The molecule has 34 heavy (non-hydrogen) atoms. The molecule has 0 saturated heterocycles. The van der Waals surface area contributed by atoms with E-state index in [1.807, 2.05) is 39.0 Å². The van der Waals surface area contributed by atoms with Gasteiger partial charge in [-0.25, -0.2) is 0 Å². The SMILES string of the molecule is COc1cc(OC)cc(C(=N[C@H](CO)C(C)(C)C)c2cc(C(C)(C)C)cc(C(C)(C)C)c2O)c1. The van der Waals surface area contributed by atoms with E-state index in [1.54, 1.807) is 20.3 Å². The molecule has 0 radical (unpaired) electrons. The van der Waals surface area contributed by atoms with E-state index in [2.05, 4.69) is 47.6 Å². The van der Waals surface area contributed by atoms with Crippen LogP contribution in [0.5, 0.6) is 17.2 Å². The fraction of sp³-hybridized carbons (Fsp3) is 0.552. The summed E-state index contributed by atoms with van der Waals surface area (Å²) in [6.07, 6.45) is 0. The number of methoxy groups -OCH3 is 2. The largest absolute Gasteiger partial charge is 0.507 e. The number of nitrogens with zero attached hydrogens (tertiary/aromatic N) is 1. The third-order valence-electron chi connectivity index (χ3n) is 6.12. The lowest BCUT2D eigenvalue weighted by atomic mass is 9.78. The van der Waals surface area contributed by atoms with Gasteiger partial charge in [0.2, 0.25) is 0 Å². The molecule has 0 amide bonds. The predicted molar refractivity (Wildman–Crippen MR) is 141 cm³/mol. The quantitative estimate of drug-likeness (QED) is 0.491. The molecule has 2 aromatic carbocycles. The van der Waals surface area contributed by atoms with Crippen LogP contribution in [0.2, 0.25) is 0 Å². The first-order valence-corrected chi connectivity index (χ1v) is 11.8. The number of aliphatic hydroxyl groups is 1. The van der Waals surface area contributed by atoms with E-state index in [9.17, 15) is 10.2 Å². The molecule has 5 nitrogen and oxygen atoms in total. The first kappa shape index (κ1) is 27.7. The maximum absolute atomic E-state index is 11.6. The number of phenolic OH excluding ortho intramolecular Hbond substituents is 1. The third kappa shape index (κ3) is 6.32. The lowest BCUT2D eigenvalue weighted by Crippen LogP contribution is -2.30. The average molecular weight is 470 g/mol. The van der Waals surface area contributed by atoms with Crippen LogP contribution in [-0.2, 0) is 10.8 Å². The van der Waals surface area contributed by atoms with Crippen molar-refractivity contribution in [1.82, 2.24) is 0 Å². The molecule has 0 unspecified atom stereocenters. The van der Waals surface area contributed by atoms with Crippen LogP contribution in [0, 0.1) is 5.41 Å². The number of hydrogen-bond acceptors (Lipinski definition) is 5. The van der Waals surface area contributed by atoms with Crippen LogP contribution in [-0.4, -0.2) is 42.8 Å². The average Bonchev–Trinajstić information content (AvgIpc) is 2.72. The molecule has 0 aromatic heterocycles. The zero-order valence-electron chi connectivity index (χ0n) is 22.8. The highest BCUT2D eigenvalue weighted by molar-refractivity contribution is 6.15. The van der Waals surface area contributed by atoms with Gasteiger partial charge in [-0.15, -0.1) is 0 Å².